The molecule has 0 saturated heterocycles. The van der Waals surface area contributed by atoms with Crippen molar-refractivity contribution in [2.24, 2.45) is 11.1 Å². The summed E-state index contributed by atoms with van der Waals surface area (Å²) in [4.78, 5) is 0. The lowest BCUT2D eigenvalue weighted by molar-refractivity contribution is -0.134. The van der Waals surface area contributed by atoms with E-state index in [0.29, 0.717) is 26.2 Å². The summed E-state index contributed by atoms with van der Waals surface area (Å²) in [5.41, 5.74) is 5.54. The molecule has 3 N–H and O–H groups in total. The molecule has 106 valence electrons. The van der Waals surface area contributed by atoms with Gasteiger partial charge in [-0.2, -0.15) is 0 Å². The van der Waals surface area contributed by atoms with Gasteiger partial charge in [0.2, 0.25) is 0 Å². The lowest BCUT2D eigenvalue weighted by Gasteiger charge is -2.46. The summed E-state index contributed by atoms with van der Waals surface area (Å²) < 4.78 is 11.2. The molecule has 0 bridgehead atoms. The van der Waals surface area contributed by atoms with Crippen LogP contribution in [0.2, 0.25) is 0 Å². The minimum Gasteiger partial charge on any atom is -0.493 e. The van der Waals surface area contributed by atoms with Gasteiger partial charge >= 0.3 is 0 Å². The van der Waals surface area contributed by atoms with Crippen molar-refractivity contribution in [2.75, 3.05) is 26.4 Å². The Balaban J connectivity index is 2.26. The highest BCUT2D eigenvalue weighted by molar-refractivity contribution is 5.37. The number of para-hydroxylation sites is 1. The standard InChI is InChI=1S/C15H23NO3/c1-3-18-10-14(2,17)15(9-16)8-12-6-4-5-7-13(12)19-11-15/h4-7,17H,3,8-11,16H2,1-2H3. The van der Waals surface area contributed by atoms with Gasteiger partial charge in [0, 0.05) is 13.2 Å². The van der Waals surface area contributed by atoms with Gasteiger partial charge < -0.3 is 20.3 Å². The predicted molar refractivity (Wildman–Crippen MR) is 74.2 cm³/mol. The molecular weight excluding hydrogens is 242 g/mol. The van der Waals surface area contributed by atoms with Crippen molar-refractivity contribution in [3.05, 3.63) is 29.8 Å². The normalized spacial score (nSPS) is 25.3. The fraction of sp³-hybridized carbons (Fsp3) is 0.600. The number of nitrogens with two attached hydrogens (primary N) is 1. The van der Waals surface area contributed by atoms with Crippen LogP contribution in [-0.2, 0) is 11.2 Å². The van der Waals surface area contributed by atoms with Crippen molar-refractivity contribution in [3.8, 4) is 5.75 Å². The molecular formula is C15H23NO3. The summed E-state index contributed by atoms with van der Waals surface area (Å²) in [6.45, 7) is 5.33. The number of ether oxygens (including phenoxy) is 2. The highest BCUT2D eigenvalue weighted by atomic mass is 16.5. The Kier molecular flexibility index (Phi) is 4.13. The predicted octanol–water partition coefficient (Wildman–Crippen LogP) is 1.35. The molecule has 1 aromatic rings. The molecule has 4 nitrogen and oxygen atoms in total. The van der Waals surface area contributed by atoms with E-state index in [-0.39, 0.29) is 6.61 Å². The Hall–Kier alpha value is -1.10. The summed E-state index contributed by atoms with van der Waals surface area (Å²) in [6, 6.07) is 7.90. The van der Waals surface area contributed by atoms with Crippen molar-refractivity contribution in [2.45, 2.75) is 25.9 Å². The van der Waals surface area contributed by atoms with Gasteiger partial charge in [-0.15, -0.1) is 0 Å². The molecule has 0 aromatic heterocycles. The van der Waals surface area contributed by atoms with Gasteiger partial charge in [-0.3, -0.25) is 0 Å². The second-order valence-electron chi connectivity index (χ2n) is 5.47. The zero-order valence-electron chi connectivity index (χ0n) is 11.7. The SMILES string of the molecule is CCOCC(C)(O)C1(CN)COc2ccccc2C1. The third kappa shape index (κ3) is 2.61. The van der Waals surface area contributed by atoms with Crippen LogP contribution in [0.4, 0.5) is 0 Å². The molecule has 1 aliphatic heterocycles. The van der Waals surface area contributed by atoms with Crippen LogP contribution in [0.5, 0.6) is 5.75 Å². The molecule has 0 amide bonds. The van der Waals surface area contributed by atoms with E-state index in [4.69, 9.17) is 15.2 Å². The first-order valence-electron chi connectivity index (χ1n) is 6.75. The second kappa shape index (κ2) is 5.49. The van der Waals surface area contributed by atoms with Crippen LogP contribution in [0.15, 0.2) is 24.3 Å². The van der Waals surface area contributed by atoms with Gasteiger partial charge in [-0.1, -0.05) is 18.2 Å². The molecule has 0 radical (unpaired) electrons. The van der Waals surface area contributed by atoms with Gasteiger partial charge in [0.15, 0.2) is 0 Å². The Morgan fingerprint density at radius 2 is 2.21 bits per heavy atom. The fourth-order valence-electron chi connectivity index (χ4n) is 2.57. The third-order valence-electron chi connectivity index (χ3n) is 4.13. The second-order valence-corrected chi connectivity index (χ2v) is 5.47. The Labute approximate surface area is 114 Å². The Morgan fingerprint density at radius 1 is 1.47 bits per heavy atom. The number of hydrogen-bond donors (Lipinski definition) is 2. The van der Waals surface area contributed by atoms with Crippen molar-refractivity contribution in [3.63, 3.8) is 0 Å². The van der Waals surface area contributed by atoms with Gasteiger partial charge in [0.05, 0.1) is 24.2 Å². The van der Waals surface area contributed by atoms with E-state index in [2.05, 4.69) is 0 Å². The summed E-state index contributed by atoms with van der Waals surface area (Å²) >= 11 is 0. The van der Waals surface area contributed by atoms with E-state index in [1.807, 2.05) is 31.2 Å². The zero-order valence-corrected chi connectivity index (χ0v) is 11.7. The number of rotatable bonds is 5. The van der Waals surface area contributed by atoms with Crippen LogP contribution in [0.25, 0.3) is 0 Å². The van der Waals surface area contributed by atoms with E-state index >= 15 is 0 Å². The van der Waals surface area contributed by atoms with Gasteiger partial charge in [0.25, 0.3) is 0 Å². The van der Waals surface area contributed by atoms with Crippen molar-refractivity contribution < 1.29 is 14.6 Å². The van der Waals surface area contributed by atoms with Crippen LogP contribution in [0, 0.1) is 5.41 Å². The lowest BCUT2D eigenvalue weighted by atomic mass is 9.68. The van der Waals surface area contributed by atoms with Crippen molar-refractivity contribution in [1.82, 2.24) is 0 Å². The molecule has 0 saturated carbocycles. The molecule has 0 spiro atoms. The minimum atomic E-state index is -1.01. The first kappa shape index (κ1) is 14.3. The van der Waals surface area contributed by atoms with E-state index in [0.717, 1.165) is 11.3 Å². The summed E-state index contributed by atoms with van der Waals surface area (Å²) in [5, 5.41) is 10.8. The minimum absolute atomic E-state index is 0.270. The lowest BCUT2D eigenvalue weighted by Crippen LogP contribution is -2.59. The molecule has 1 aromatic carbocycles. The van der Waals surface area contributed by atoms with Crippen LogP contribution in [-0.4, -0.2) is 37.1 Å². The topological polar surface area (TPSA) is 64.7 Å². The van der Waals surface area contributed by atoms with Crippen molar-refractivity contribution >= 4 is 0 Å². The van der Waals surface area contributed by atoms with E-state index in [9.17, 15) is 5.11 Å². The fourth-order valence-corrected chi connectivity index (χ4v) is 2.57. The first-order valence-corrected chi connectivity index (χ1v) is 6.75. The molecule has 2 rings (SSSR count). The van der Waals surface area contributed by atoms with Crippen molar-refractivity contribution in [1.29, 1.82) is 0 Å². The van der Waals surface area contributed by atoms with Crippen LogP contribution >= 0.6 is 0 Å². The van der Waals surface area contributed by atoms with Gasteiger partial charge in [-0.25, -0.2) is 0 Å². The number of aliphatic hydroxyl groups is 1. The van der Waals surface area contributed by atoms with Gasteiger partial charge in [0.1, 0.15) is 5.75 Å². The molecule has 4 heteroatoms. The number of hydrogen-bond acceptors (Lipinski definition) is 4. The molecule has 1 heterocycles. The third-order valence-corrected chi connectivity index (χ3v) is 4.13. The molecule has 1 aliphatic rings. The quantitative estimate of drug-likeness (QED) is 0.843. The molecule has 19 heavy (non-hydrogen) atoms. The van der Waals surface area contributed by atoms with E-state index in [1.54, 1.807) is 6.92 Å². The average Bonchev–Trinajstić information content (AvgIpc) is 2.44. The van der Waals surface area contributed by atoms with Crippen LogP contribution < -0.4 is 10.5 Å². The summed E-state index contributed by atoms with van der Waals surface area (Å²) in [6.07, 6.45) is 0.708. The monoisotopic (exact) mass is 265 g/mol. The average molecular weight is 265 g/mol. The first-order chi connectivity index (χ1) is 9.04. The highest BCUT2D eigenvalue weighted by Gasteiger charge is 2.49. The molecule has 0 fully saturated rings. The van der Waals surface area contributed by atoms with E-state index in [1.165, 1.54) is 0 Å². The maximum atomic E-state index is 10.8. The Morgan fingerprint density at radius 3 is 2.89 bits per heavy atom. The smallest absolute Gasteiger partial charge is 0.122 e. The highest BCUT2D eigenvalue weighted by Crippen LogP contribution is 2.41. The van der Waals surface area contributed by atoms with Crippen LogP contribution in [0.3, 0.4) is 0 Å². The summed E-state index contributed by atoms with van der Waals surface area (Å²) in [7, 11) is 0. The maximum absolute atomic E-state index is 10.8. The molecule has 2 atom stereocenters. The number of fused-ring (bicyclic) bond motifs is 1. The Bertz CT molecular complexity index is 433. The zero-order chi connectivity index (χ0) is 13.9. The molecule has 0 aliphatic carbocycles. The van der Waals surface area contributed by atoms with E-state index < -0.39 is 11.0 Å². The van der Waals surface area contributed by atoms with Gasteiger partial charge in [-0.05, 0) is 31.9 Å². The molecule has 2 unspecified atom stereocenters. The summed E-state index contributed by atoms with van der Waals surface area (Å²) in [5.74, 6) is 0.888. The largest absolute Gasteiger partial charge is 0.493 e. The number of benzene rings is 1. The van der Waals surface area contributed by atoms with Crippen LogP contribution in [0.1, 0.15) is 19.4 Å². The maximum Gasteiger partial charge on any atom is 0.122 e.